The summed E-state index contributed by atoms with van der Waals surface area (Å²) >= 11 is 0. The van der Waals surface area contributed by atoms with E-state index < -0.39 is 6.10 Å². The van der Waals surface area contributed by atoms with Crippen LogP contribution in [0.1, 0.15) is 39.4 Å². The molecule has 2 nitrogen and oxygen atoms in total. The van der Waals surface area contributed by atoms with Crippen LogP contribution in [0.3, 0.4) is 0 Å². The lowest BCUT2D eigenvalue weighted by atomic mass is 9.94. The number of aliphatic hydroxyl groups excluding tert-OH is 1. The molecule has 0 amide bonds. The lowest BCUT2D eigenvalue weighted by molar-refractivity contribution is -0.00616. The molecule has 0 aliphatic heterocycles. The Hall–Kier alpha value is -1.12. The van der Waals surface area contributed by atoms with E-state index in [2.05, 4.69) is 26.8 Å². The molecule has 0 heterocycles. The third kappa shape index (κ3) is 5.03. The highest BCUT2D eigenvalue weighted by molar-refractivity contribution is 5.20. The van der Waals surface area contributed by atoms with E-state index >= 15 is 0 Å². The van der Waals surface area contributed by atoms with Crippen LogP contribution in [0.15, 0.2) is 42.5 Å². The Morgan fingerprint density at radius 2 is 1.83 bits per heavy atom. The van der Waals surface area contributed by atoms with E-state index in [-0.39, 0.29) is 11.5 Å². The Kier molecular flexibility index (Phi) is 5.57. The van der Waals surface area contributed by atoms with Gasteiger partial charge in [0.05, 0.1) is 0 Å². The highest BCUT2D eigenvalue weighted by atomic mass is 16.5. The molecular formula is C16H24O2. The van der Waals surface area contributed by atoms with Gasteiger partial charge >= 0.3 is 0 Å². The summed E-state index contributed by atoms with van der Waals surface area (Å²) in [6.07, 6.45) is 3.13. The highest BCUT2D eigenvalue weighted by Crippen LogP contribution is 2.22. The van der Waals surface area contributed by atoms with Gasteiger partial charge in [-0.3, -0.25) is 0 Å². The quantitative estimate of drug-likeness (QED) is 0.805. The molecule has 18 heavy (non-hydrogen) atoms. The summed E-state index contributed by atoms with van der Waals surface area (Å²) in [5.74, 6) is 0. The summed E-state index contributed by atoms with van der Waals surface area (Å²) in [7, 11) is 0. The van der Waals surface area contributed by atoms with Gasteiger partial charge in [0.15, 0.2) is 0 Å². The molecule has 0 saturated heterocycles. The zero-order valence-corrected chi connectivity index (χ0v) is 11.8. The van der Waals surface area contributed by atoms with Gasteiger partial charge in [-0.05, 0) is 17.9 Å². The van der Waals surface area contributed by atoms with Crippen molar-refractivity contribution < 1.29 is 9.84 Å². The Morgan fingerprint density at radius 1 is 1.22 bits per heavy atom. The van der Waals surface area contributed by atoms with Crippen LogP contribution in [0.2, 0.25) is 0 Å². The maximum atomic E-state index is 10.3. The molecule has 1 aromatic carbocycles. The van der Waals surface area contributed by atoms with Crippen LogP contribution in [0.5, 0.6) is 0 Å². The molecule has 0 bridgehead atoms. The SMILES string of the molecule is CCO[C@@H](/C=C/C(C)(C)C)[C@@H](O)c1ccccc1. The smallest absolute Gasteiger partial charge is 0.109 e. The Balaban J connectivity index is 2.82. The standard InChI is InChI=1S/C16H24O2/c1-5-18-14(11-12-16(2,3)4)15(17)13-9-7-6-8-10-13/h6-12,14-15,17H,5H2,1-4H3/b12-11+/t14-,15-/m0/s1. The Labute approximate surface area is 110 Å². The van der Waals surface area contributed by atoms with Crippen LogP contribution in [-0.4, -0.2) is 17.8 Å². The number of rotatable bonds is 5. The Bertz CT molecular complexity index is 362. The molecule has 1 rings (SSSR count). The van der Waals surface area contributed by atoms with Crippen molar-refractivity contribution in [2.45, 2.75) is 39.9 Å². The van der Waals surface area contributed by atoms with Gasteiger partial charge in [0.25, 0.3) is 0 Å². The largest absolute Gasteiger partial charge is 0.385 e. The minimum Gasteiger partial charge on any atom is -0.385 e. The molecule has 0 saturated carbocycles. The van der Waals surface area contributed by atoms with Crippen LogP contribution in [0.4, 0.5) is 0 Å². The molecule has 0 spiro atoms. The minimum atomic E-state index is -0.621. The van der Waals surface area contributed by atoms with Crippen LogP contribution in [-0.2, 0) is 4.74 Å². The molecule has 0 fully saturated rings. The summed E-state index contributed by atoms with van der Waals surface area (Å²) in [5.41, 5.74) is 0.973. The normalized spacial score (nSPS) is 15.8. The first kappa shape index (κ1) is 14.9. The monoisotopic (exact) mass is 248 g/mol. The van der Waals surface area contributed by atoms with E-state index in [1.165, 1.54) is 0 Å². The summed E-state index contributed by atoms with van der Waals surface area (Å²) in [5, 5.41) is 10.3. The second kappa shape index (κ2) is 6.72. The molecule has 0 radical (unpaired) electrons. The second-order valence-electron chi connectivity index (χ2n) is 5.50. The number of hydrogen-bond acceptors (Lipinski definition) is 2. The van der Waals surface area contributed by atoms with E-state index in [0.717, 1.165) is 5.56 Å². The average molecular weight is 248 g/mol. The fourth-order valence-corrected chi connectivity index (χ4v) is 1.67. The molecule has 1 N–H and O–H groups in total. The van der Waals surface area contributed by atoms with Gasteiger partial charge in [-0.25, -0.2) is 0 Å². The lowest BCUT2D eigenvalue weighted by Gasteiger charge is -2.22. The van der Waals surface area contributed by atoms with Gasteiger partial charge in [-0.1, -0.05) is 63.3 Å². The third-order valence-corrected chi connectivity index (χ3v) is 2.60. The van der Waals surface area contributed by atoms with E-state index in [4.69, 9.17) is 4.74 Å². The first-order valence-corrected chi connectivity index (χ1v) is 6.48. The van der Waals surface area contributed by atoms with Crippen molar-refractivity contribution in [3.8, 4) is 0 Å². The number of hydrogen-bond donors (Lipinski definition) is 1. The number of benzene rings is 1. The topological polar surface area (TPSA) is 29.5 Å². The van der Waals surface area contributed by atoms with Crippen LogP contribution in [0.25, 0.3) is 0 Å². The van der Waals surface area contributed by atoms with E-state index in [1.807, 2.05) is 43.3 Å². The zero-order chi connectivity index (χ0) is 13.6. The fourth-order valence-electron chi connectivity index (χ4n) is 1.67. The number of allylic oxidation sites excluding steroid dienone is 1. The van der Waals surface area contributed by atoms with Crippen LogP contribution >= 0.6 is 0 Å². The summed E-state index contributed by atoms with van der Waals surface area (Å²) in [6, 6.07) is 9.63. The van der Waals surface area contributed by atoms with Crippen LogP contribution in [0, 0.1) is 5.41 Å². The van der Waals surface area contributed by atoms with Gasteiger partial charge in [-0.2, -0.15) is 0 Å². The molecule has 0 aliphatic carbocycles. The Morgan fingerprint density at radius 3 is 2.33 bits per heavy atom. The molecule has 0 unspecified atom stereocenters. The van der Waals surface area contributed by atoms with Gasteiger partial charge in [-0.15, -0.1) is 0 Å². The first-order valence-electron chi connectivity index (χ1n) is 6.48. The van der Waals surface area contributed by atoms with Crippen molar-refractivity contribution in [2.75, 3.05) is 6.61 Å². The summed E-state index contributed by atoms with van der Waals surface area (Å²) in [4.78, 5) is 0. The number of ether oxygens (including phenoxy) is 1. The molecular weight excluding hydrogens is 224 g/mol. The molecule has 0 aromatic heterocycles. The first-order chi connectivity index (χ1) is 8.44. The van der Waals surface area contributed by atoms with Crippen LogP contribution < -0.4 is 0 Å². The predicted molar refractivity (Wildman–Crippen MR) is 75.4 cm³/mol. The molecule has 0 aliphatic rings. The highest BCUT2D eigenvalue weighted by Gasteiger charge is 2.19. The molecule has 2 heteroatoms. The third-order valence-electron chi connectivity index (χ3n) is 2.60. The minimum absolute atomic E-state index is 0.0890. The summed E-state index contributed by atoms with van der Waals surface area (Å²) < 4.78 is 5.62. The fraction of sp³-hybridized carbons (Fsp3) is 0.500. The van der Waals surface area contributed by atoms with E-state index in [9.17, 15) is 5.11 Å². The van der Waals surface area contributed by atoms with Crippen molar-refractivity contribution in [3.05, 3.63) is 48.0 Å². The lowest BCUT2D eigenvalue weighted by Crippen LogP contribution is -2.20. The van der Waals surface area contributed by atoms with Crippen molar-refractivity contribution in [2.24, 2.45) is 5.41 Å². The number of aliphatic hydroxyl groups is 1. The van der Waals surface area contributed by atoms with Gasteiger partial charge in [0, 0.05) is 6.61 Å². The zero-order valence-electron chi connectivity index (χ0n) is 11.8. The van der Waals surface area contributed by atoms with Gasteiger partial charge in [0.1, 0.15) is 12.2 Å². The summed E-state index contributed by atoms with van der Waals surface area (Å²) in [6.45, 7) is 8.91. The molecule has 100 valence electrons. The van der Waals surface area contributed by atoms with Crippen molar-refractivity contribution in [1.29, 1.82) is 0 Å². The van der Waals surface area contributed by atoms with E-state index in [1.54, 1.807) is 0 Å². The second-order valence-corrected chi connectivity index (χ2v) is 5.50. The maximum absolute atomic E-state index is 10.3. The van der Waals surface area contributed by atoms with Crippen molar-refractivity contribution >= 4 is 0 Å². The molecule has 1 aromatic rings. The van der Waals surface area contributed by atoms with Crippen molar-refractivity contribution in [3.63, 3.8) is 0 Å². The molecule has 2 atom stereocenters. The van der Waals surface area contributed by atoms with Gasteiger partial charge < -0.3 is 9.84 Å². The van der Waals surface area contributed by atoms with Gasteiger partial charge in [0.2, 0.25) is 0 Å². The van der Waals surface area contributed by atoms with E-state index in [0.29, 0.717) is 6.61 Å². The van der Waals surface area contributed by atoms with Crippen molar-refractivity contribution in [1.82, 2.24) is 0 Å². The average Bonchev–Trinajstić information content (AvgIpc) is 2.33. The maximum Gasteiger partial charge on any atom is 0.109 e. The predicted octanol–water partition coefficient (Wildman–Crippen LogP) is 3.73.